The van der Waals surface area contributed by atoms with E-state index in [2.05, 4.69) is 10.3 Å². The van der Waals surface area contributed by atoms with Gasteiger partial charge in [0.1, 0.15) is 5.82 Å². The summed E-state index contributed by atoms with van der Waals surface area (Å²) < 4.78 is 15.1. The summed E-state index contributed by atoms with van der Waals surface area (Å²) in [7, 11) is 1.82. The fourth-order valence-corrected chi connectivity index (χ4v) is 3.52. The van der Waals surface area contributed by atoms with Crippen LogP contribution in [0.4, 0.5) is 9.18 Å². The largest absolute Gasteiger partial charge is 0.337 e. The average molecular weight is 344 g/mol. The molecule has 6 heteroatoms. The lowest BCUT2D eigenvalue weighted by Gasteiger charge is -2.25. The number of urea groups is 1. The van der Waals surface area contributed by atoms with E-state index < -0.39 is 0 Å². The highest BCUT2D eigenvalue weighted by molar-refractivity contribution is 5.74. The van der Waals surface area contributed by atoms with Crippen LogP contribution in [0.15, 0.2) is 43.0 Å². The number of aromatic nitrogens is 2. The first-order valence-electron chi connectivity index (χ1n) is 8.86. The Morgan fingerprint density at radius 2 is 2.16 bits per heavy atom. The van der Waals surface area contributed by atoms with Crippen molar-refractivity contribution < 1.29 is 9.18 Å². The van der Waals surface area contributed by atoms with Gasteiger partial charge in [0.05, 0.1) is 6.33 Å². The maximum absolute atomic E-state index is 13.1. The van der Waals surface area contributed by atoms with Crippen molar-refractivity contribution >= 4 is 6.03 Å². The molecule has 1 heterocycles. The van der Waals surface area contributed by atoms with Gasteiger partial charge < -0.3 is 14.8 Å². The first-order valence-corrected chi connectivity index (χ1v) is 8.86. The topological polar surface area (TPSA) is 50.2 Å². The van der Waals surface area contributed by atoms with Gasteiger partial charge in [-0.05, 0) is 37.0 Å². The molecule has 0 bridgehead atoms. The van der Waals surface area contributed by atoms with E-state index in [9.17, 15) is 9.18 Å². The molecule has 0 spiro atoms. The molecule has 2 atom stereocenters. The molecule has 1 N–H and O–H groups in total. The molecule has 134 valence electrons. The number of hydrogen-bond acceptors (Lipinski definition) is 2. The fourth-order valence-electron chi connectivity index (χ4n) is 3.52. The predicted octanol–water partition coefficient (Wildman–Crippen LogP) is 3.39. The standard InChI is InChI=1S/C19H25FN4O/c1-23(11-3-12-24-13-10-21-14-24)19(25)22-18-5-2-4-17(18)15-6-8-16(20)9-7-15/h6-10,13-14,17-18H,2-5,11-12H2,1H3,(H,22,25)/t17-,18+/m0/s1. The number of nitrogens with one attached hydrogen (secondary N) is 1. The number of nitrogens with zero attached hydrogens (tertiary/aromatic N) is 3. The highest BCUT2D eigenvalue weighted by atomic mass is 19.1. The van der Waals surface area contributed by atoms with E-state index in [0.717, 1.165) is 37.8 Å². The minimum absolute atomic E-state index is 0.0374. The molecule has 1 aliphatic rings. The third-order valence-corrected chi connectivity index (χ3v) is 4.94. The second kappa shape index (κ2) is 8.14. The first kappa shape index (κ1) is 17.5. The smallest absolute Gasteiger partial charge is 0.317 e. The third-order valence-electron chi connectivity index (χ3n) is 4.94. The normalized spacial score (nSPS) is 19.8. The van der Waals surface area contributed by atoms with Crippen molar-refractivity contribution in [2.45, 2.75) is 44.2 Å². The zero-order valence-electron chi connectivity index (χ0n) is 14.6. The van der Waals surface area contributed by atoms with Crippen molar-refractivity contribution in [3.05, 3.63) is 54.4 Å². The lowest BCUT2D eigenvalue weighted by atomic mass is 9.94. The molecule has 1 aromatic carbocycles. The van der Waals surface area contributed by atoms with Gasteiger partial charge in [-0.1, -0.05) is 18.6 Å². The van der Waals surface area contributed by atoms with Crippen LogP contribution in [0.1, 0.15) is 37.2 Å². The number of carbonyl (C=O) groups excluding carboxylic acids is 1. The number of carbonyl (C=O) groups is 1. The van der Waals surface area contributed by atoms with Crippen LogP contribution in [0.3, 0.4) is 0 Å². The quantitative estimate of drug-likeness (QED) is 0.873. The second-order valence-corrected chi connectivity index (χ2v) is 6.72. The molecule has 25 heavy (non-hydrogen) atoms. The summed E-state index contributed by atoms with van der Waals surface area (Å²) in [6, 6.07) is 6.74. The molecule has 3 rings (SSSR count). The maximum Gasteiger partial charge on any atom is 0.317 e. The fraction of sp³-hybridized carbons (Fsp3) is 0.474. The van der Waals surface area contributed by atoms with Gasteiger partial charge in [-0.25, -0.2) is 14.2 Å². The zero-order valence-corrected chi connectivity index (χ0v) is 14.6. The van der Waals surface area contributed by atoms with Crippen molar-refractivity contribution in [3.63, 3.8) is 0 Å². The summed E-state index contributed by atoms with van der Waals surface area (Å²) in [4.78, 5) is 18.2. The van der Waals surface area contributed by atoms with E-state index in [4.69, 9.17) is 0 Å². The summed E-state index contributed by atoms with van der Waals surface area (Å²) in [5.74, 6) is 0.0452. The van der Waals surface area contributed by atoms with Crippen molar-refractivity contribution in [3.8, 4) is 0 Å². The average Bonchev–Trinajstić information content (AvgIpc) is 3.27. The summed E-state index contributed by atoms with van der Waals surface area (Å²) in [5, 5.41) is 3.16. The Morgan fingerprint density at radius 1 is 1.36 bits per heavy atom. The van der Waals surface area contributed by atoms with Gasteiger partial charge in [0, 0.05) is 44.5 Å². The van der Waals surface area contributed by atoms with Gasteiger partial charge in [-0.15, -0.1) is 0 Å². The van der Waals surface area contributed by atoms with Crippen LogP contribution < -0.4 is 5.32 Å². The van der Waals surface area contributed by atoms with Gasteiger partial charge in [-0.3, -0.25) is 0 Å². The monoisotopic (exact) mass is 344 g/mol. The third kappa shape index (κ3) is 4.59. The number of benzene rings is 1. The van der Waals surface area contributed by atoms with E-state index in [1.54, 1.807) is 17.4 Å². The minimum atomic E-state index is -0.222. The van der Waals surface area contributed by atoms with Gasteiger partial charge in [0.15, 0.2) is 0 Å². The van der Waals surface area contributed by atoms with Crippen LogP contribution in [-0.2, 0) is 6.54 Å². The number of halogens is 1. The Hall–Kier alpha value is -2.37. The van der Waals surface area contributed by atoms with E-state index >= 15 is 0 Å². The number of hydrogen-bond donors (Lipinski definition) is 1. The minimum Gasteiger partial charge on any atom is -0.337 e. The molecular weight excluding hydrogens is 319 g/mol. The van der Waals surface area contributed by atoms with Crippen LogP contribution >= 0.6 is 0 Å². The molecule has 0 saturated heterocycles. The summed E-state index contributed by atoms with van der Waals surface area (Å²) in [6.07, 6.45) is 9.42. The Labute approximate surface area is 147 Å². The SMILES string of the molecule is CN(CCCn1ccnc1)C(=O)N[C@@H]1CCC[C@H]1c1ccc(F)cc1. The molecule has 2 amide bonds. The highest BCUT2D eigenvalue weighted by Crippen LogP contribution is 2.34. The molecule has 1 aliphatic carbocycles. The Morgan fingerprint density at radius 3 is 2.88 bits per heavy atom. The molecule has 1 saturated carbocycles. The Bertz CT molecular complexity index is 671. The predicted molar refractivity (Wildman–Crippen MR) is 94.8 cm³/mol. The van der Waals surface area contributed by atoms with Crippen molar-refractivity contribution in [1.82, 2.24) is 19.8 Å². The highest BCUT2D eigenvalue weighted by Gasteiger charge is 2.30. The Balaban J connectivity index is 1.49. The summed E-state index contributed by atoms with van der Waals surface area (Å²) in [6.45, 7) is 1.54. The molecular formula is C19H25FN4O. The Kier molecular flexibility index (Phi) is 5.68. The first-order chi connectivity index (χ1) is 12.1. The molecule has 1 fully saturated rings. The van der Waals surface area contributed by atoms with Crippen molar-refractivity contribution in [2.75, 3.05) is 13.6 Å². The lowest BCUT2D eigenvalue weighted by Crippen LogP contribution is -2.44. The van der Waals surface area contributed by atoms with Gasteiger partial charge in [0.2, 0.25) is 0 Å². The lowest BCUT2D eigenvalue weighted by molar-refractivity contribution is 0.202. The van der Waals surface area contributed by atoms with Gasteiger partial charge >= 0.3 is 6.03 Å². The molecule has 2 aromatic rings. The second-order valence-electron chi connectivity index (χ2n) is 6.72. The number of imidazole rings is 1. The molecule has 1 aromatic heterocycles. The van der Waals surface area contributed by atoms with Crippen molar-refractivity contribution in [2.24, 2.45) is 0 Å². The molecule has 5 nitrogen and oxygen atoms in total. The van der Waals surface area contributed by atoms with E-state index in [1.165, 1.54) is 12.1 Å². The van der Waals surface area contributed by atoms with Crippen LogP contribution in [0.2, 0.25) is 0 Å². The number of aryl methyl sites for hydroxylation is 1. The summed E-state index contributed by atoms with van der Waals surface area (Å²) in [5.41, 5.74) is 1.10. The van der Waals surface area contributed by atoms with Crippen LogP contribution in [0.5, 0.6) is 0 Å². The number of rotatable bonds is 6. The van der Waals surface area contributed by atoms with Crippen LogP contribution in [-0.4, -0.2) is 40.1 Å². The van der Waals surface area contributed by atoms with Gasteiger partial charge in [-0.2, -0.15) is 0 Å². The van der Waals surface area contributed by atoms with Crippen LogP contribution in [0, 0.1) is 5.82 Å². The van der Waals surface area contributed by atoms with E-state index in [-0.39, 0.29) is 23.8 Å². The van der Waals surface area contributed by atoms with Crippen molar-refractivity contribution in [1.29, 1.82) is 0 Å². The van der Waals surface area contributed by atoms with E-state index in [1.807, 2.05) is 29.9 Å². The molecule has 0 unspecified atom stereocenters. The molecule has 0 aliphatic heterocycles. The van der Waals surface area contributed by atoms with Crippen LogP contribution in [0.25, 0.3) is 0 Å². The van der Waals surface area contributed by atoms with Gasteiger partial charge in [0.25, 0.3) is 0 Å². The van der Waals surface area contributed by atoms with E-state index in [0.29, 0.717) is 6.54 Å². The number of amides is 2. The maximum atomic E-state index is 13.1. The summed E-state index contributed by atoms with van der Waals surface area (Å²) >= 11 is 0. The zero-order chi connectivity index (χ0) is 17.6. The molecule has 0 radical (unpaired) electrons.